The molecule has 0 aliphatic carbocycles. The molecule has 1 nitrogen and oxygen atoms in total. The molecule has 0 N–H and O–H groups in total. The van der Waals surface area contributed by atoms with Crippen LogP contribution < -0.4 is 0 Å². The zero-order valence-electron chi connectivity index (χ0n) is 27.3. The average Bonchev–Trinajstić information content (AvgIpc) is 3.74. The van der Waals surface area contributed by atoms with E-state index < -0.39 is 0 Å². The van der Waals surface area contributed by atoms with Gasteiger partial charge in [0.05, 0.1) is 11.0 Å². The lowest BCUT2D eigenvalue weighted by molar-refractivity contribution is 1.18. The average molecular weight is 654 g/mol. The lowest BCUT2D eigenvalue weighted by Crippen LogP contribution is -1.93. The van der Waals surface area contributed by atoms with E-state index in [0.717, 1.165) is 5.69 Å². The third-order valence-electron chi connectivity index (χ3n) is 10.0. The maximum absolute atomic E-state index is 2.40. The van der Waals surface area contributed by atoms with Crippen LogP contribution in [0.3, 0.4) is 0 Å². The third kappa shape index (κ3) is 4.76. The molecular weight excluding hydrogens is 623 g/mol. The van der Waals surface area contributed by atoms with Crippen molar-refractivity contribution in [3.8, 4) is 50.2 Å². The SMILES string of the molecule is c1ccc(-c2cccc(-c3ccc4c(c3)c3ccccc3n4-c3ccc(-c4ccc(-c5cccc6sc7ccccc7c56)cc4)cc3)c2)cc1. The van der Waals surface area contributed by atoms with E-state index in [0.29, 0.717) is 0 Å². The molecule has 10 aromatic rings. The topological polar surface area (TPSA) is 4.93 Å². The second-order valence-corrected chi connectivity index (χ2v) is 14.0. The molecule has 0 fully saturated rings. The molecule has 0 atom stereocenters. The number of benzene rings is 8. The van der Waals surface area contributed by atoms with Crippen molar-refractivity contribution in [2.24, 2.45) is 0 Å². The molecule has 0 bridgehead atoms. The maximum Gasteiger partial charge on any atom is 0.0541 e. The van der Waals surface area contributed by atoms with Gasteiger partial charge in [-0.15, -0.1) is 11.3 Å². The van der Waals surface area contributed by atoms with Crippen LogP contribution in [0.4, 0.5) is 0 Å². The number of rotatable bonds is 5. The summed E-state index contributed by atoms with van der Waals surface area (Å²) in [5, 5.41) is 5.21. The Labute approximate surface area is 295 Å². The van der Waals surface area contributed by atoms with Gasteiger partial charge in [-0.3, -0.25) is 0 Å². The first-order valence-electron chi connectivity index (χ1n) is 17.1. The summed E-state index contributed by atoms with van der Waals surface area (Å²) in [7, 11) is 0. The summed E-state index contributed by atoms with van der Waals surface area (Å²) in [6, 6.07) is 68.6. The summed E-state index contributed by atoms with van der Waals surface area (Å²) in [5.74, 6) is 0. The van der Waals surface area contributed by atoms with Gasteiger partial charge in [-0.05, 0) is 93.0 Å². The van der Waals surface area contributed by atoms with E-state index >= 15 is 0 Å². The van der Waals surface area contributed by atoms with Gasteiger partial charge in [0.1, 0.15) is 0 Å². The molecule has 8 aromatic carbocycles. The highest BCUT2D eigenvalue weighted by molar-refractivity contribution is 7.25. The number of nitrogens with zero attached hydrogens (tertiary/aromatic N) is 1. The minimum atomic E-state index is 1.16. The van der Waals surface area contributed by atoms with Gasteiger partial charge in [0.25, 0.3) is 0 Å². The zero-order valence-corrected chi connectivity index (χ0v) is 28.1. The van der Waals surface area contributed by atoms with E-state index in [2.05, 4.69) is 193 Å². The summed E-state index contributed by atoms with van der Waals surface area (Å²) in [5.41, 5.74) is 13.5. The van der Waals surface area contributed by atoms with Gasteiger partial charge in [0.2, 0.25) is 0 Å². The zero-order chi connectivity index (χ0) is 33.0. The first-order valence-corrected chi connectivity index (χ1v) is 17.9. The van der Waals surface area contributed by atoms with Gasteiger partial charge in [0.15, 0.2) is 0 Å². The predicted molar refractivity (Wildman–Crippen MR) is 215 cm³/mol. The fourth-order valence-electron chi connectivity index (χ4n) is 7.60. The molecule has 0 aliphatic rings. The van der Waals surface area contributed by atoms with Crippen molar-refractivity contribution in [1.29, 1.82) is 0 Å². The Morgan fingerprint density at radius 2 is 0.860 bits per heavy atom. The van der Waals surface area contributed by atoms with Gasteiger partial charge < -0.3 is 4.57 Å². The highest BCUT2D eigenvalue weighted by atomic mass is 32.1. The van der Waals surface area contributed by atoms with Crippen molar-refractivity contribution >= 4 is 53.3 Å². The van der Waals surface area contributed by atoms with E-state index in [1.54, 1.807) is 0 Å². The highest BCUT2D eigenvalue weighted by Crippen LogP contribution is 2.41. The van der Waals surface area contributed by atoms with Crippen molar-refractivity contribution in [2.75, 3.05) is 0 Å². The smallest absolute Gasteiger partial charge is 0.0541 e. The Bertz CT molecular complexity index is 2840. The standard InChI is InChI=1S/C48H31NS/c1-2-10-32(11-3-1)36-12-8-13-37(30-36)38-26-29-45-43(31-38)41-14-4-6-17-44(41)49(45)39-27-24-34(25-28-39)33-20-22-35(23-21-33)40-16-9-19-47-48(40)42-15-5-7-18-46(42)50-47/h1-31H. The molecule has 0 saturated heterocycles. The van der Waals surface area contributed by atoms with Crippen LogP contribution in [0.25, 0.3) is 92.2 Å². The van der Waals surface area contributed by atoms with Crippen LogP contribution in [0.2, 0.25) is 0 Å². The molecule has 0 spiro atoms. The van der Waals surface area contributed by atoms with E-state index in [-0.39, 0.29) is 0 Å². The number of hydrogen-bond acceptors (Lipinski definition) is 1. The molecule has 0 radical (unpaired) electrons. The van der Waals surface area contributed by atoms with Gasteiger partial charge >= 0.3 is 0 Å². The van der Waals surface area contributed by atoms with Crippen molar-refractivity contribution in [2.45, 2.75) is 0 Å². The highest BCUT2D eigenvalue weighted by Gasteiger charge is 2.15. The van der Waals surface area contributed by atoms with E-state index in [1.165, 1.54) is 86.5 Å². The van der Waals surface area contributed by atoms with Crippen LogP contribution in [-0.4, -0.2) is 4.57 Å². The second kappa shape index (κ2) is 11.7. The number of aromatic nitrogens is 1. The molecule has 50 heavy (non-hydrogen) atoms. The summed E-state index contributed by atoms with van der Waals surface area (Å²) in [6.07, 6.45) is 0. The molecule has 0 saturated carbocycles. The quantitative estimate of drug-likeness (QED) is 0.174. The Kier molecular flexibility index (Phi) is 6.75. The lowest BCUT2D eigenvalue weighted by Gasteiger charge is -2.11. The Morgan fingerprint density at radius 3 is 1.68 bits per heavy atom. The molecule has 0 unspecified atom stereocenters. The minimum Gasteiger partial charge on any atom is -0.309 e. The van der Waals surface area contributed by atoms with Gasteiger partial charge in [-0.2, -0.15) is 0 Å². The Balaban J connectivity index is 1.000. The summed E-state index contributed by atoms with van der Waals surface area (Å²) < 4.78 is 5.07. The number of thiophene rings is 1. The third-order valence-corrected chi connectivity index (χ3v) is 11.2. The number of para-hydroxylation sites is 1. The Hall–Kier alpha value is -6.22. The Morgan fingerprint density at radius 1 is 0.320 bits per heavy atom. The fourth-order valence-corrected chi connectivity index (χ4v) is 8.73. The van der Waals surface area contributed by atoms with Crippen LogP contribution in [0.15, 0.2) is 188 Å². The molecule has 2 heteroatoms. The monoisotopic (exact) mass is 653 g/mol. The molecule has 2 aromatic heterocycles. The first-order chi connectivity index (χ1) is 24.8. The van der Waals surface area contributed by atoms with Crippen LogP contribution >= 0.6 is 11.3 Å². The maximum atomic E-state index is 2.40. The van der Waals surface area contributed by atoms with Crippen LogP contribution in [0.5, 0.6) is 0 Å². The summed E-state index contributed by atoms with van der Waals surface area (Å²) >= 11 is 1.87. The van der Waals surface area contributed by atoms with E-state index in [4.69, 9.17) is 0 Å². The second-order valence-electron chi connectivity index (χ2n) is 12.9. The molecule has 10 rings (SSSR count). The summed E-state index contributed by atoms with van der Waals surface area (Å²) in [4.78, 5) is 0. The number of hydrogen-bond donors (Lipinski definition) is 0. The molecule has 2 heterocycles. The molecule has 0 amide bonds. The van der Waals surface area contributed by atoms with E-state index in [1.807, 2.05) is 11.3 Å². The predicted octanol–water partition coefficient (Wildman–Crippen LogP) is 13.8. The fraction of sp³-hybridized carbons (Fsp3) is 0. The van der Waals surface area contributed by atoms with Crippen molar-refractivity contribution in [3.63, 3.8) is 0 Å². The lowest BCUT2D eigenvalue weighted by atomic mass is 9.97. The van der Waals surface area contributed by atoms with Gasteiger partial charge in [-0.25, -0.2) is 0 Å². The van der Waals surface area contributed by atoms with Crippen molar-refractivity contribution < 1.29 is 0 Å². The van der Waals surface area contributed by atoms with Gasteiger partial charge in [-0.1, -0.05) is 140 Å². The molecular formula is C48H31NS. The van der Waals surface area contributed by atoms with Crippen molar-refractivity contribution in [1.82, 2.24) is 4.57 Å². The van der Waals surface area contributed by atoms with Crippen LogP contribution in [0.1, 0.15) is 0 Å². The molecule has 0 aliphatic heterocycles. The van der Waals surface area contributed by atoms with Crippen LogP contribution in [0, 0.1) is 0 Å². The summed E-state index contributed by atoms with van der Waals surface area (Å²) in [6.45, 7) is 0. The normalized spacial score (nSPS) is 11.6. The molecule has 234 valence electrons. The minimum absolute atomic E-state index is 1.16. The first kappa shape index (κ1) is 28.8. The van der Waals surface area contributed by atoms with Crippen molar-refractivity contribution in [3.05, 3.63) is 188 Å². The number of fused-ring (bicyclic) bond motifs is 6. The van der Waals surface area contributed by atoms with Gasteiger partial charge in [0, 0.05) is 36.6 Å². The largest absolute Gasteiger partial charge is 0.309 e. The van der Waals surface area contributed by atoms with Crippen LogP contribution in [-0.2, 0) is 0 Å². The van der Waals surface area contributed by atoms with E-state index in [9.17, 15) is 0 Å².